The Morgan fingerprint density at radius 2 is 1.26 bits per heavy atom. The van der Waals surface area contributed by atoms with Crippen LogP contribution in [-0.2, 0) is 14.2 Å². The lowest BCUT2D eigenvalue weighted by Gasteiger charge is -2.45. The van der Waals surface area contributed by atoms with E-state index in [1.807, 2.05) is 0 Å². The molecule has 2 aliphatic rings. The van der Waals surface area contributed by atoms with Gasteiger partial charge < -0.3 is 55.1 Å². The first-order valence-corrected chi connectivity index (χ1v) is 7.08. The maximum Gasteiger partial charge on any atom is 0.187 e. The van der Waals surface area contributed by atoms with Crippen molar-refractivity contribution >= 4 is 0 Å². The molecule has 136 valence electrons. The van der Waals surface area contributed by atoms with Gasteiger partial charge in [0.05, 0.1) is 13.2 Å². The lowest BCUT2D eigenvalue weighted by Crippen LogP contribution is -2.64. The molecule has 0 amide bonds. The Kier molecular flexibility index (Phi) is 6.27. The van der Waals surface area contributed by atoms with Gasteiger partial charge in [-0.05, 0) is 0 Å². The molecule has 0 radical (unpaired) electrons. The Balaban J connectivity index is 2.11. The summed E-state index contributed by atoms with van der Waals surface area (Å²) < 4.78 is 15.3. The molecule has 23 heavy (non-hydrogen) atoms. The summed E-state index contributed by atoms with van der Waals surface area (Å²) in [6.07, 6.45) is -15.6. The molecule has 0 bridgehead atoms. The SMILES string of the molecule is OC[C@H]1OC(O[C@@H]2[C@H](O)[C@@H](O)C(O)O[C@@H]2CO)[C@H](O)[C@@H](O)[C@@H]1O. The molecule has 2 unspecified atom stereocenters. The van der Waals surface area contributed by atoms with Crippen molar-refractivity contribution in [2.75, 3.05) is 13.2 Å². The van der Waals surface area contributed by atoms with Gasteiger partial charge in [-0.1, -0.05) is 0 Å². The third-order valence-electron chi connectivity index (χ3n) is 3.98. The Hall–Kier alpha value is -0.440. The van der Waals surface area contributed by atoms with E-state index in [2.05, 4.69) is 0 Å². The lowest BCUT2D eigenvalue weighted by atomic mass is 9.97. The van der Waals surface area contributed by atoms with E-state index in [4.69, 9.17) is 19.3 Å². The third kappa shape index (κ3) is 3.65. The first kappa shape index (κ1) is 18.9. The van der Waals surface area contributed by atoms with Gasteiger partial charge in [0.2, 0.25) is 0 Å². The summed E-state index contributed by atoms with van der Waals surface area (Å²) in [7, 11) is 0. The van der Waals surface area contributed by atoms with E-state index in [9.17, 15) is 35.7 Å². The first-order chi connectivity index (χ1) is 10.8. The van der Waals surface area contributed by atoms with Crippen LogP contribution in [0.4, 0.5) is 0 Å². The molecule has 2 saturated heterocycles. The Bertz CT molecular complexity index is 378. The summed E-state index contributed by atoms with van der Waals surface area (Å²) in [5.41, 5.74) is 0. The van der Waals surface area contributed by atoms with Gasteiger partial charge >= 0.3 is 0 Å². The fourth-order valence-corrected chi connectivity index (χ4v) is 2.57. The van der Waals surface area contributed by atoms with Crippen LogP contribution in [0.1, 0.15) is 0 Å². The summed E-state index contributed by atoms with van der Waals surface area (Å²) in [5.74, 6) is 0. The van der Waals surface area contributed by atoms with Gasteiger partial charge in [0.25, 0.3) is 0 Å². The summed E-state index contributed by atoms with van der Waals surface area (Å²) >= 11 is 0. The molecule has 0 aromatic heterocycles. The minimum atomic E-state index is -1.74. The van der Waals surface area contributed by atoms with Crippen LogP contribution in [0, 0.1) is 0 Å². The summed E-state index contributed by atoms with van der Waals surface area (Å²) in [4.78, 5) is 0. The molecule has 2 heterocycles. The second kappa shape index (κ2) is 7.63. The van der Waals surface area contributed by atoms with Gasteiger partial charge in [0.15, 0.2) is 12.6 Å². The normalized spacial score (nSPS) is 51.7. The van der Waals surface area contributed by atoms with E-state index in [-0.39, 0.29) is 0 Å². The predicted octanol–water partition coefficient (Wildman–Crippen LogP) is -5.40. The minimum absolute atomic E-state index is 0.667. The molecule has 2 rings (SSSR count). The highest BCUT2D eigenvalue weighted by Crippen LogP contribution is 2.28. The van der Waals surface area contributed by atoms with E-state index < -0.39 is 74.6 Å². The standard InChI is InChI=1S/C12H22O11/c13-1-3-5(15)6(16)9(19)12(22-3)23-10-4(2-14)21-11(20)8(18)7(10)17/h3-20H,1-2H2/t3-,4-,5-,6+,7-,8-,9-,10+,11?,12?/m1/s1. The largest absolute Gasteiger partial charge is 0.394 e. The second-order valence-electron chi connectivity index (χ2n) is 5.53. The average Bonchev–Trinajstić information content (AvgIpc) is 2.55. The van der Waals surface area contributed by atoms with Crippen molar-refractivity contribution in [2.24, 2.45) is 0 Å². The third-order valence-corrected chi connectivity index (χ3v) is 3.98. The Labute approximate surface area is 130 Å². The molecule has 0 aromatic rings. The van der Waals surface area contributed by atoms with Crippen LogP contribution in [0.5, 0.6) is 0 Å². The number of rotatable bonds is 4. The molecule has 8 N–H and O–H groups in total. The van der Waals surface area contributed by atoms with Crippen molar-refractivity contribution in [1.29, 1.82) is 0 Å². The monoisotopic (exact) mass is 342 g/mol. The fourth-order valence-electron chi connectivity index (χ4n) is 2.57. The van der Waals surface area contributed by atoms with E-state index >= 15 is 0 Å². The molecule has 0 saturated carbocycles. The van der Waals surface area contributed by atoms with Crippen LogP contribution in [-0.4, -0.2) is 115 Å². The van der Waals surface area contributed by atoms with E-state index in [0.29, 0.717) is 0 Å². The van der Waals surface area contributed by atoms with Gasteiger partial charge in [0, 0.05) is 0 Å². The maximum absolute atomic E-state index is 9.94. The van der Waals surface area contributed by atoms with Crippen molar-refractivity contribution in [2.45, 2.75) is 61.4 Å². The van der Waals surface area contributed by atoms with Crippen LogP contribution in [0.2, 0.25) is 0 Å². The number of hydrogen-bond donors (Lipinski definition) is 8. The summed E-state index contributed by atoms with van der Waals surface area (Å²) in [6, 6.07) is 0. The molecular formula is C12H22O11. The van der Waals surface area contributed by atoms with Crippen LogP contribution < -0.4 is 0 Å². The van der Waals surface area contributed by atoms with Crippen LogP contribution in [0.25, 0.3) is 0 Å². The predicted molar refractivity (Wildman–Crippen MR) is 68.6 cm³/mol. The number of aliphatic hydroxyl groups excluding tert-OH is 8. The summed E-state index contributed by atoms with van der Waals surface area (Å²) in [5, 5.41) is 76.5. The van der Waals surface area contributed by atoms with Gasteiger partial charge in [-0.15, -0.1) is 0 Å². The highest BCUT2D eigenvalue weighted by molar-refractivity contribution is 4.93. The Morgan fingerprint density at radius 1 is 0.652 bits per heavy atom. The molecule has 0 spiro atoms. The van der Waals surface area contributed by atoms with Crippen LogP contribution in [0.3, 0.4) is 0 Å². The van der Waals surface area contributed by atoms with E-state index in [1.165, 1.54) is 0 Å². The molecule has 11 nitrogen and oxygen atoms in total. The van der Waals surface area contributed by atoms with Gasteiger partial charge in [-0.2, -0.15) is 0 Å². The average molecular weight is 342 g/mol. The topological polar surface area (TPSA) is 190 Å². The highest BCUT2D eigenvalue weighted by atomic mass is 16.7. The zero-order valence-electron chi connectivity index (χ0n) is 12.0. The van der Waals surface area contributed by atoms with E-state index in [0.717, 1.165) is 0 Å². The van der Waals surface area contributed by atoms with Crippen LogP contribution >= 0.6 is 0 Å². The molecule has 2 aliphatic heterocycles. The second-order valence-corrected chi connectivity index (χ2v) is 5.53. The molecule has 0 aromatic carbocycles. The lowest BCUT2D eigenvalue weighted by molar-refractivity contribution is -0.355. The van der Waals surface area contributed by atoms with Gasteiger partial charge in [0.1, 0.15) is 48.8 Å². The highest BCUT2D eigenvalue weighted by Gasteiger charge is 2.50. The molecule has 10 atom stereocenters. The van der Waals surface area contributed by atoms with Crippen molar-refractivity contribution < 1.29 is 55.1 Å². The zero-order valence-corrected chi connectivity index (χ0v) is 12.0. The summed E-state index contributed by atoms with van der Waals surface area (Å²) in [6.45, 7) is -1.35. The van der Waals surface area contributed by atoms with Crippen molar-refractivity contribution in [1.82, 2.24) is 0 Å². The number of ether oxygens (including phenoxy) is 3. The molecule has 0 aliphatic carbocycles. The van der Waals surface area contributed by atoms with Crippen molar-refractivity contribution in [3.05, 3.63) is 0 Å². The minimum Gasteiger partial charge on any atom is -0.394 e. The van der Waals surface area contributed by atoms with Crippen molar-refractivity contribution in [3.8, 4) is 0 Å². The van der Waals surface area contributed by atoms with Crippen molar-refractivity contribution in [3.63, 3.8) is 0 Å². The smallest absolute Gasteiger partial charge is 0.187 e. The van der Waals surface area contributed by atoms with Gasteiger partial charge in [-0.25, -0.2) is 0 Å². The fraction of sp³-hybridized carbons (Fsp3) is 1.00. The molecular weight excluding hydrogens is 320 g/mol. The van der Waals surface area contributed by atoms with E-state index in [1.54, 1.807) is 0 Å². The maximum atomic E-state index is 9.94. The number of hydrogen-bond acceptors (Lipinski definition) is 11. The van der Waals surface area contributed by atoms with Crippen LogP contribution in [0.15, 0.2) is 0 Å². The quantitative estimate of drug-likeness (QED) is 0.243. The zero-order chi connectivity index (χ0) is 17.3. The van der Waals surface area contributed by atoms with Gasteiger partial charge in [-0.3, -0.25) is 0 Å². The Morgan fingerprint density at radius 3 is 1.83 bits per heavy atom. The molecule has 11 heteroatoms. The first-order valence-electron chi connectivity index (χ1n) is 7.08. The number of aliphatic hydroxyl groups is 8. The molecule has 2 fully saturated rings.